The molecule has 0 aliphatic carbocycles. The second-order valence-corrected chi connectivity index (χ2v) is 6.88. The Bertz CT molecular complexity index is 339. The van der Waals surface area contributed by atoms with Crippen LogP contribution in [0.3, 0.4) is 0 Å². The van der Waals surface area contributed by atoms with Crippen LogP contribution in [0.1, 0.15) is 29.5 Å². The monoisotopic (exact) mass is 316 g/mol. The molecule has 1 aromatic heterocycles. The van der Waals surface area contributed by atoms with Crippen molar-refractivity contribution in [2.24, 2.45) is 0 Å². The van der Waals surface area contributed by atoms with E-state index < -0.39 is 0 Å². The van der Waals surface area contributed by atoms with E-state index >= 15 is 0 Å². The van der Waals surface area contributed by atoms with Crippen LogP contribution in [0.25, 0.3) is 0 Å². The van der Waals surface area contributed by atoms with Gasteiger partial charge in [-0.3, -0.25) is 4.90 Å². The average Bonchev–Trinajstić information content (AvgIpc) is 2.67. The maximum atomic E-state index is 3.60. The van der Waals surface area contributed by atoms with Crippen LogP contribution < -0.4 is 5.32 Å². The molecule has 0 aromatic carbocycles. The Morgan fingerprint density at radius 3 is 2.94 bits per heavy atom. The zero-order chi connectivity index (χ0) is 12.3. The fourth-order valence-corrected chi connectivity index (χ4v) is 4.07. The van der Waals surface area contributed by atoms with Crippen molar-refractivity contribution >= 4 is 27.3 Å². The van der Waals surface area contributed by atoms with Crippen LogP contribution in [-0.4, -0.2) is 30.6 Å². The van der Waals surface area contributed by atoms with Gasteiger partial charge in [0.1, 0.15) is 0 Å². The van der Waals surface area contributed by atoms with Crippen molar-refractivity contribution in [1.82, 2.24) is 10.2 Å². The van der Waals surface area contributed by atoms with Crippen molar-refractivity contribution in [2.75, 3.05) is 19.6 Å². The van der Waals surface area contributed by atoms with Crippen LogP contribution >= 0.6 is 27.3 Å². The van der Waals surface area contributed by atoms with Gasteiger partial charge in [0.2, 0.25) is 0 Å². The number of rotatable bonds is 4. The first kappa shape index (κ1) is 13.5. The molecule has 1 aliphatic rings. The van der Waals surface area contributed by atoms with Gasteiger partial charge in [0.15, 0.2) is 0 Å². The number of nitrogens with zero attached hydrogens (tertiary/aromatic N) is 1. The van der Waals surface area contributed by atoms with Crippen molar-refractivity contribution in [3.8, 4) is 0 Å². The summed E-state index contributed by atoms with van der Waals surface area (Å²) in [6.45, 7) is 9.03. The van der Waals surface area contributed by atoms with Gasteiger partial charge < -0.3 is 5.32 Å². The lowest BCUT2D eigenvalue weighted by Crippen LogP contribution is -2.45. The molecule has 1 saturated heterocycles. The third kappa shape index (κ3) is 3.53. The minimum absolute atomic E-state index is 0.718. The van der Waals surface area contributed by atoms with E-state index in [9.17, 15) is 0 Å². The second kappa shape index (κ2) is 6.32. The molecule has 4 heteroatoms. The van der Waals surface area contributed by atoms with E-state index in [0.29, 0.717) is 0 Å². The van der Waals surface area contributed by atoms with Crippen LogP contribution in [0.4, 0.5) is 0 Å². The first-order valence-corrected chi connectivity index (χ1v) is 8.01. The first-order valence-electron chi connectivity index (χ1n) is 6.40. The van der Waals surface area contributed by atoms with Crippen LogP contribution in [0.15, 0.2) is 10.5 Å². The molecule has 2 heterocycles. The fourth-order valence-electron chi connectivity index (χ4n) is 2.44. The van der Waals surface area contributed by atoms with E-state index in [-0.39, 0.29) is 0 Å². The summed E-state index contributed by atoms with van der Waals surface area (Å²) < 4.78 is 1.26. The molecule has 17 heavy (non-hydrogen) atoms. The van der Waals surface area contributed by atoms with Crippen molar-refractivity contribution in [1.29, 1.82) is 0 Å². The number of hydrogen-bond donors (Lipinski definition) is 1. The number of aryl methyl sites for hydroxylation is 1. The number of nitrogens with one attached hydrogen (secondary N) is 1. The summed E-state index contributed by atoms with van der Waals surface area (Å²) in [7, 11) is 0. The van der Waals surface area contributed by atoms with Crippen molar-refractivity contribution in [3.63, 3.8) is 0 Å². The van der Waals surface area contributed by atoms with Crippen LogP contribution in [0.5, 0.6) is 0 Å². The van der Waals surface area contributed by atoms with E-state index in [2.05, 4.69) is 46.1 Å². The fraction of sp³-hybridized carbons (Fsp3) is 0.692. The topological polar surface area (TPSA) is 15.3 Å². The summed E-state index contributed by atoms with van der Waals surface area (Å²) in [5.74, 6) is 0. The highest BCUT2D eigenvalue weighted by Crippen LogP contribution is 2.28. The molecule has 2 nitrogen and oxygen atoms in total. The van der Waals surface area contributed by atoms with E-state index in [1.54, 1.807) is 0 Å². The highest BCUT2D eigenvalue weighted by molar-refractivity contribution is 9.10. The lowest BCUT2D eigenvalue weighted by molar-refractivity contribution is 0.167. The number of likely N-dealkylation sites (N-methyl/N-ethyl adjacent to an activating group) is 1. The number of halogens is 1. The second-order valence-electron chi connectivity index (χ2n) is 4.68. The smallest absolute Gasteiger partial charge is 0.0331 e. The van der Waals surface area contributed by atoms with Crippen molar-refractivity contribution in [2.45, 2.75) is 39.3 Å². The molecular weight excluding hydrogens is 296 g/mol. The molecule has 1 aliphatic heterocycles. The normalized spacial score (nSPS) is 21.1. The zero-order valence-electron chi connectivity index (χ0n) is 10.6. The van der Waals surface area contributed by atoms with Gasteiger partial charge in [-0.1, -0.05) is 6.92 Å². The summed E-state index contributed by atoms with van der Waals surface area (Å²) in [5.41, 5.74) is 0. The molecule has 1 unspecified atom stereocenters. The molecule has 0 radical (unpaired) electrons. The maximum absolute atomic E-state index is 3.60. The predicted molar refractivity (Wildman–Crippen MR) is 78.7 cm³/mol. The van der Waals surface area contributed by atoms with Gasteiger partial charge in [0, 0.05) is 33.4 Å². The molecule has 0 spiro atoms. The zero-order valence-corrected chi connectivity index (χ0v) is 13.0. The van der Waals surface area contributed by atoms with Gasteiger partial charge in [-0.2, -0.15) is 0 Å². The Kier molecular flexibility index (Phi) is 5.03. The van der Waals surface area contributed by atoms with Crippen LogP contribution in [0, 0.1) is 6.92 Å². The molecule has 1 aromatic rings. The quantitative estimate of drug-likeness (QED) is 0.916. The third-order valence-electron chi connectivity index (χ3n) is 3.46. The van der Waals surface area contributed by atoms with Gasteiger partial charge >= 0.3 is 0 Å². The van der Waals surface area contributed by atoms with Crippen LogP contribution in [0.2, 0.25) is 0 Å². The lowest BCUT2D eigenvalue weighted by Gasteiger charge is -2.33. The van der Waals surface area contributed by atoms with Gasteiger partial charge in [-0.25, -0.2) is 0 Å². The van der Waals surface area contributed by atoms with E-state index in [1.165, 1.54) is 33.6 Å². The largest absolute Gasteiger partial charge is 0.315 e. The van der Waals surface area contributed by atoms with Gasteiger partial charge in [-0.15, -0.1) is 11.3 Å². The first-order chi connectivity index (χ1) is 8.20. The standard InChI is InChI=1S/C13H21BrN2S/c1-3-16(11-5-4-6-15-8-11)9-12-7-13(14)10(2)17-12/h7,11,15H,3-6,8-9H2,1-2H3. The summed E-state index contributed by atoms with van der Waals surface area (Å²) in [6, 6.07) is 2.99. The Morgan fingerprint density at radius 1 is 1.59 bits per heavy atom. The summed E-state index contributed by atoms with van der Waals surface area (Å²) in [6.07, 6.45) is 2.65. The van der Waals surface area contributed by atoms with Crippen molar-refractivity contribution in [3.05, 3.63) is 20.3 Å². The summed E-state index contributed by atoms with van der Waals surface area (Å²) in [4.78, 5) is 5.46. The van der Waals surface area contributed by atoms with E-state index in [0.717, 1.165) is 25.7 Å². The van der Waals surface area contributed by atoms with Gasteiger partial charge in [-0.05, 0) is 54.9 Å². The summed E-state index contributed by atoms with van der Waals surface area (Å²) >= 11 is 5.52. The Labute approximate surface area is 117 Å². The molecule has 2 rings (SSSR count). The molecule has 0 saturated carbocycles. The minimum Gasteiger partial charge on any atom is -0.315 e. The van der Waals surface area contributed by atoms with Gasteiger partial charge in [0.05, 0.1) is 0 Å². The van der Waals surface area contributed by atoms with Gasteiger partial charge in [0.25, 0.3) is 0 Å². The Morgan fingerprint density at radius 2 is 2.41 bits per heavy atom. The number of hydrogen-bond acceptors (Lipinski definition) is 3. The van der Waals surface area contributed by atoms with Crippen LogP contribution in [-0.2, 0) is 6.54 Å². The molecule has 1 atom stereocenters. The Hall–Kier alpha value is 0.1000. The SMILES string of the molecule is CCN(Cc1cc(Br)c(C)s1)C1CCCNC1. The summed E-state index contributed by atoms with van der Waals surface area (Å²) in [5, 5.41) is 3.50. The molecule has 0 bridgehead atoms. The molecule has 1 N–H and O–H groups in total. The number of piperidine rings is 1. The lowest BCUT2D eigenvalue weighted by atomic mass is 10.1. The van der Waals surface area contributed by atoms with Crippen molar-refractivity contribution < 1.29 is 0 Å². The predicted octanol–water partition coefficient (Wildman–Crippen LogP) is 3.39. The van der Waals surface area contributed by atoms with E-state index in [1.807, 2.05) is 11.3 Å². The molecular formula is C13H21BrN2S. The minimum atomic E-state index is 0.718. The molecule has 0 amide bonds. The average molecular weight is 317 g/mol. The Balaban J connectivity index is 1.98. The third-order valence-corrected chi connectivity index (χ3v) is 5.58. The molecule has 1 fully saturated rings. The molecule has 96 valence electrons. The highest BCUT2D eigenvalue weighted by Gasteiger charge is 2.20. The van der Waals surface area contributed by atoms with E-state index in [4.69, 9.17) is 0 Å². The number of thiophene rings is 1. The maximum Gasteiger partial charge on any atom is 0.0331 e. The highest BCUT2D eigenvalue weighted by atomic mass is 79.9.